The topological polar surface area (TPSA) is 76.2 Å². The number of imide groups is 1. The normalized spacial score (nSPS) is 18.8. The Bertz CT molecular complexity index is 756. The molecule has 0 radical (unpaired) electrons. The molecule has 1 aromatic rings. The second-order valence-corrected chi connectivity index (χ2v) is 7.53. The van der Waals surface area contributed by atoms with Gasteiger partial charge in [-0.3, -0.25) is 19.3 Å². The van der Waals surface area contributed by atoms with Crippen LogP contribution in [0, 0.1) is 0 Å². The van der Waals surface area contributed by atoms with Gasteiger partial charge in [-0.1, -0.05) is 25.5 Å². The van der Waals surface area contributed by atoms with E-state index < -0.39 is 17.1 Å². The Balaban J connectivity index is 1.61. The van der Waals surface area contributed by atoms with E-state index in [0.717, 1.165) is 67.1 Å². The lowest BCUT2D eigenvalue weighted by Crippen LogP contribution is -2.36. The first-order valence-corrected chi connectivity index (χ1v) is 10.2. The molecule has 0 unspecified atom stereocenters. The second-order valence-electron chi connectivity index (χ2n) is 6.53. The number of unbranched alkanes of at least 4 members (excludes halogenated alkanes) is 1. The molecule has 2 aliphatic rings. The monoisotopic (exact) mass is 404 g/mol. The summed E-state index contributed by atoms with van der Waals surface area (Å²) in [5, 5.41) is -0.450. The molecule has 150 valence electrons. The highest BCUT2D eigenvalue weighted by Crippen LogP contribution is 2.32. The maximum absolute atomic E-state index is 12.5. The van der Waals surface area contributed by atoms with Crippen LogP contribution in [0.5, 0.6) is 0 Å². The van der Waals surface area contributed by atoms with E-state index in [1.54, 1.807) is 6.08 Å². The first kappa shape index (κ1) is 20.4. The van der Waals surface area contributed by atoms with E-state index in [9.17, 15) is 14.4 Å². The van der Waals surface area contributed by atoms with Crippen LogP contribution in [-0.4, -0.2) is 61.5 Å². The number of rotatable bonds is 7. The fraction of sp³-hybridized carbons (Fsp3) is 0.450. The number of hydrogen-bond acceptors (Lipinski definition) is 7. The average molecular weight is 404 g/mol. The molecular weight excluding hydrogens is 380 g/mol. The molecule has 0 bridgehead atoms. The molecule has 0 aliphatic carbocycles. The maximum Gasteiger partial charge on any atom is 0.326 e. The van der Waals surface area contributed by atoms with E-state index in [0.29, 0.717) is 11.5 Å². The molecule has 28 heavy (non-hydrogen) atoms. The molecule has 2 fully saturated rings. The Hall–Kier alpha value is -2.32. The van der Waals surface area contributed by atoms with Crippen LogP contribution in [0.4, 0.5) is 10.5 Å². The van der Waals surface area contributed by atoms with E-state index in [1.165, 1.54) is 0 Å². The fourth-order valence-corrected chi connectivity index (χ4v) is 3.73. The number of nitrogens with zero attached hydrogens (tertiary/aromatic N) is 2. The van der Waals surface area contributed by atoms with Gasteiger partial charge in [0, 0.05) is 18.8 Å². The third-order valence-electron chi connectivity index (χ3n) is 4.49. The third-order valence-corrected chi connectivity index (χ3v) is 5.40. The van der Waals surface area contributed by atoms with Gasteiger partial charge in [0.2, 0.25) is 0 Å². The van der Waals surface area contributed by atoms with Gasteiger partial charge in [0.05, 0.1) is 24.7 Å². The van der Waals surface area contributed by atoms with Crippen LogP contribution in [0.15, 0.2) is 29.2 Å². The molecule has 8 heteroatoms. The van der Waals surface area contributed by atoms with Gasteiger partial charge in [0.15, 0.2) is 0 Å². The van der Waals surface area contributed by atoms with E-state index in [4.69, 9.17) is 9.47 Å². The van der Waals surface area contributed by atoms with Crippen molar-refractivity contribution in [1.82, 2.24) is 4.90 Å². The summed E-state index contributed by atoms with van der Waals surface area (Å²) in [7, 11) is 0. The van der Waals surface area contributed by atoms with Gasteiger partial charge in [-0.2, -0.15) is 0 Å². The lowest BCUT2D eigenvalue weighted by molar-refractivity contribution is -0.146. The molecule has 2 amide bonds. The number of morpholine rings is 1. The number of hydrogen-bond donors (Lipinski definition) is 0. The number of carbonyl (C=O) groups excluding carboxylic acids is 3. The van der Waals surface area contributed by atoms with Gasteiger partial charge in [0.1, 0.15) is 6.54 Å². The zero-order valence-corrected chi connectivity index (χ0v) is 16.7. The third kappa shape index (κ3) is 5.14. The van der Waals surface area contributed by atoms with Crippen molar-refractivity contribution < 1.29 is 23.9 Å². The second kappa shape index (κ2) is 9.75. The molecule has 2 heterocycles. The Labute approximate surface area is 168 Å². The predicted octanol–water partition coefficient (Wildman–Crippen LogP) is 2.90. The van der Waals surface area contributed by atoms with Gasteiger partial charge < -0.3 is 14.4 Å². The highest BCUT2D eigenvalue weighted by Gasteiger charge is 2.36. The molecule has 0 aromatic heterocycles. The van der Waals surface area contributed by atoms with Crippen LogP contribution in [0.3, 0.4) is 0 Å². The summed E-state index contributed by atoms with van der Waals surface area (Å²) in [6.45, 7) is 5.09. The molecule has 0 spiro atoms. The number of ether oxygens (including phenoxy) is 2. The van der Waals surface area contributed by atoms with Crippen molar-refractivity contribution in [2.24, 2.45) is 0 Å². The van der Waals surface area contributed by atoms with Crippen LogP contribution >= 0.6 is 11.8 Å². The molecule has 1 aromatic carbocycles. The first-order valence-electron chi connectivity index (χ1n) is 9.42. The molecule has 0 atom stereocenters. The zero-order valence-electron chi connectivity index (χ0n) is 15.9. The van der Waals surface area contributed by atoms with E-state index in [1.807, 2.05) is 31.2 Å². The Kier molecular flexibility index (Phi) is 7.11. The fourth-order valence-electron chi connectivity index (χ4n) is 2.90. The number of carbonyl (C=O) groups is 3. The number of amides is 2. The van der Waals surface area contributed by atoms with Crippen molar-refractivity contribution >= 4 is 40.6 Å². The van der Waals surface area contributed by atoms with Crippen molar-refractivity contribution in [3.05, 3.63) is 34.7 Å². The van der Waals surface area contributed by atoms with Gasteiger partial charge in [-0.05, 0) is 42.0 Å². The highest BCUT2D eigenvalue weighted by molar-refractivity contribution is 8.18. The SMILES string of the molecule is CCCCOC(=O)CN1C(=O)S/C(=C/c2ccc(N3CCOCC3)cc2)C1=O. The Morgan fingerprint density at radius 2 is 1.93 bits per heavy atom. The molecule has 3 rings (SSSR count). The van der Waals surface area contributed by atoms with Crippen molar-refractivity contribution in [3.63, 3.8) is 0 Å². The largest absolute Gasteiger partial charge is 0.464 e. The van der Waals surface area contributed by atoms with Crippen molar-refractivity contribution in [3.8, 4) is 0 Å². The maximum atomic E-state index is 12.5. The predicted molar refractivity (Wildman–Crippen MR) is 108 cm³/mol. The number of benzene rings is 1. The van der Waals surface area contributed by atoms with Crippen LogP contribution in [0.2, 0.25) is 0 Å². The minimum absolute atomic E-state index is 0.302. The summed E-state index contributed by atoms with van der Waals surface area (Å²) < 4.78 is 10.4. The van der Waals surface area contributed by atoms with E-state index in [-0.39, 0.29) is 6.54 Å². The molecule has 2 saturated heterocycles. The van der Waals surface area contributed by atoms with Crippen LogP contribution < -0.4 is 4.90 Å². The molecule has 0 N–H and O–H groups in total. The molecule has 2 aliphatic heterocycles. The molecular formula is C20H24N2O5S. The standard InChI is InChI=1S/C20H24N2O5S/c1-2-3-10-27-18(23)14-22-19(24)17(28-20(22)25)13-15-4-6-16(7-5-15)21-8-11-26-12-9-21/h4-7,13H,2-3,8-12,14H2,1H3/b17-13+. The number of esters is 1. The average Bonchev–Trinajstić information content (AvgIpc) is 2.97. The zero-order chi connectivity index (χ0) is 19.9. The van der Waals surface area contributed by atoms with Gasteiger partial charge in [-0.25, -0.2) is 0 Å². The highest BCUT2D eigenvalue weighted by atomic mass is 32.2. The quantitative estimate of drug-likeness (QED) is 0.393. The summed E-state index contributed by atoms with van der Waals surface area (Å²) in [5.41, 5.74) is 1.93. The van der Waals surface area contributed by atoms with E-state index in [2.05, 4.69) is 4.90 Å². The summed E-state index contributed by atoms with van der Waals surface area (Å²) in [5.74, 6) is -1.02. The summed E-state index contributed by atoms with van der Waals surface area (Å²) >= 11 is 0.843. The van der Waals surface area contributed by atoms with Crippen molar-refractivity contribution in [1.29, 1.82) is 0 Å². The van der Waals surface area contributed by atoms with Gasteiger partial charge in [-0.15, -0.1) is 0 Å². The van der Waals surface area contributed by atoms with Gasteiger partial charge in [0.25, 0.3) is 11.1 Å². The van der Waals surface area contributed by atoms with Crippen molar-refractivity contribution in [2.75, 3.05) is 44.4 Å². The summed E-state index contributed by atoms with van der Waals surface area (Å²) in [6, 6.07) is 7.81. The lowest BCUT2D eigenvalue weighted by atomic mass is 10.1. The minimum Gasteiger partial charge on any atom is -0.464 e. The van der Waals surface area contributed by atoms with Crippen LogP contribution in [0.25, 0.3) is 6.08 Å². The Morgan fingerprint density at radius 1 is 1.21 bits per heavy atom. The summed E-state index contributed by atoms with van der Waals surface area (Å²) in [4.78, 5) is 39.9. The number of thioether (sulfide) groups is 1. The smallest absolute Gasteiger partial charge is 0.326 e. The Morgan fingerprint density at radius 3 is 2.61 bits per heavy atom. The van der Waals surface area contributed by atoms with Crippen molar-refractivity contribution in [2.45, 2.75) is 19.8 Å². The lowest BCUT2D eigenvalue weighted by Gasteiger charge is -2.28. The van der Waals surface area contributed by atoms with Crippen LogP contribution in [-0.2, 0) is 19.1 Å². The molecule has 7 nitrogen and oxygen atoms in total. The summed E-state index contributed by atoms with van der Waals surface area (Å²) in [6.07, 6.45) is 3.34. The minimum atomic E-state index is -0.563. The van der Waals surface area contributed by atoms with Crippen LogP contribution in [0.1, 0.15) is 25.3 Å². The number of anilines is 1. The molecule has 0 saturated carbocycles. The first-order chi connectivity index (χ1) is 13.6. The van der Waals surface area contributed by atoms with Gasteiger partial charge >= 0.3 is 5.97 Å². The van der Waals surface area contributed by atoms with E-state index >= 15 is 0 Å².